The van der Waals surface area contributed by atoms with E-state index in [0.717, 1.165) is 22.5 Å². The van der Waals surface area contributed by atoms with Gasteiger partial charge >= 0.3 is 0 Å². The number of nitrogens with zero attached hydrogens (tertiary/aromatic N) is 5. The van der Waals surface area contributed by atoms with Gasteiger partial charge in [-0.1, -0.05) is 30.3 Å². The fourth-order valence-electron chi connectivity index (χ4n) is 3.10. The highest BCUT2D eigenvalue weighted by atomic mass is 16.2. The van der Waals surface area contributed by atoms with Crippen molar-refractivity contribution >= 4 is 11.7 Å². The van der Waals surface area contributed by atoms with Crippen molar-refractivity contribution in [3.63, 3.8) is 0 Å². The van der Waals surface area contributed by atoms with Crippen LogP contribution >= 0.6 is 0 Å². The monoisotopic (exact) mass is 337 g/mol. The molecule has 0 aliphatic heterocycles. The Morgan fingerprint density at radius 2 is 1.96 bits per heavy atom. The minimum absolute atomic E-state index is 0.0480. The van der Waals surface area contributed by atoms with Crippen molar-refractivity contribution in [3.8, 4) is 0 Å². The summed E-state index contributed by atoms with van der Waals surface area (Å²) < 4.78 is 1.73. The maximum atomic E-state index is 12.6. The first-order valence-electron chi connectivity index (χ1n) is 8.45. The van der Waals surface area contributed by atoms with Crippen LogP contribution in [0.3, 0.4) is 0 Å². The van der Waals surface area contributed by atoms with Crippen LogP contribution in [0.25, 0.3) is 5.78 Å². The largest absolute Gasteiger partial charge is 0.339 e. The van der Waals surface area contributed by atoms with Crippen LogP contribution in [-0.2, 0) is 11.2 Å². The number of benzene rings is 1. The molecule has 25 heavy (non-hydrogen) atoms. The first-order valence-corrected chi connectivity index (χ1v) is 8.45. The fraction of sp³-hybridized carbons (Fsp3) is 0.368. The molecule has 2 aromatic heterocycles. The normalized spacial score (nSPS) is 12.3. The predicted molar refractivity (Wildman–Crippen MR) is 96.2 cm³/mol. The first kappa shape index (κ1) is 17.1. The molecule has 0 radical (unpaired) electrons. The molecular weight excluding hydrogens is 314 g/mol. The lowest BCUT2D eigenvalue weighted by atomic mass is 10.0. The molecule has 0 aliphatic rings. The maximum Gasteiger partial charge on any atom is 0.252 e. The summed E-state index contributed by atoms with van der Waals surface area (Å²) in [6.45, 7) is 6.00. The van der Waals surface area contributed by atoms with Crippen LogP contribution in [0.4, 0.5) is 0 Å². The van der Waals surface area contributed by atoms with Gasteiger partial charge in [0.15, 0.2) is 0 Å². The van der Waals surface area contributed by atoms with Crippen LogP contribution in [0.2, 0.25) is 0 Å². The molecule has 3 rings (SSSR count). The zero-order chi connectivity index (χ0) is 18.0. The van der Waals surface area contributed by atoms with Crippen molar-refractivity contribution < 1.29 is 4.79 Å². The number of carbonyl (C=O) groups excluding carboxylic acids is 1. The molecule has 0 saturated heterocycles. The van der Waals surface area contributed by atoms with Crippen molar-refractivity contribution in [3.05, 3.63) is 59.2 Å². The van der Waals surface area contributed by atoms with E-state index in [1.807, 2.05) is 58.2 Å². The van der Waals surface area contributed by atoms with Gasteiger partial charge in [0, 0.05) is 24.9 Å². The molecular formula is C19H23N5O. The predicted octanol–water partition coefficient (Wildman–Crippen LogP) is 2.89. The lowest BCUT2D eigenvalue weighted by molar-refractivity contribution is -0.131. The van der Waals surface area contributed by atoms with Gasteiger partial charge in [-0.25, -0.2) is 9.50 Å². The van der Waals surface area contributed by atoms with Gasteiger partial charge in [-0.2, -0.15) is 10.1 Å². The molecule has 0 saturated carbocycles. The van der Waals surface area contributed by atoms with Gasteiger partial charge in [0.25, 0.3) is 5.78 Å². The molecule has 2 heterocycles. The Balaban J connectivity index is 1.72. The Kier molecular flexibility index (Phi) is 4.79. The quantitative estimate of drug-likeness (QED) is 0.718. The minimum Gasteiger partial charge on any atom is -0.339 e. The van der Waals surface area contributed by atoms with Gasteiger partial charge in [0.2, 0.25) is 5.91 Å². The molecule has 0 bridgehead atoms. The van der Waals surface area contributed by atoms with E-state index in [-0.39, 0.29) is 11.9 Å². The number of hydrogen-bond acceptors (Lipinski definition) is 4. The van der Waals surface area contributed by atoms with E-state index in [2.05, 4.69) is 15.1 Å². The SMILES string of the molecule is Cc1nc2ncnn2c(C)c1CCC(=O)N(C)[C@H](C)c1ccccc1. The average molecular weight is 337 g/mol. The molecule has 3 aromatic rings. The molecule has 1 amide bonds. The zero-order valence-electron chi connectivity index (χ0n) is 15.1. The summed E-state index contributed by atoms with van der Waals surface area (Å²) in [6, 6.07) is 10.1. The van der Waals surface area contributed by atoms with Gasteiger partial charge in [0.05, 0.1) is 6.04 Å². The van der Waals surface area contributed by atoms with Crippen LogP contribution < -0.4 is 0 Å². The summed E-state index contributed by atoms with van der Waals surface area (Å²) in [6.07, 6.45) is 2.58. The third-order valence-corrected chi connectivity index (χ3v) is 4.83. The highest BCUT2D eigenvalue weighted by Crippen LogP contribution is 2.20. The van der Waals surface area contributed by atoms with E-state index in [0.29, 0.717) is 18.6 Å². The number of aryl methyl sites for hydroxylation is 2. The van der Waals surface area contributed by atoms with E-state index in [4.69, 9.17) is 0 Å². The standard InChI is InChI=1S/C19H23N5O/c1-13-17(15(3)24-19(22-13)20-12-21-24)10-11-18(25)23(4)14(2)16-8-6-5-7-9-16/h5-9,12,14H,10-11H2,1-4H3/t14-/m1/s1. The van der Waals surface area contributed by atoms with Crippen molar-refractivity contribution in [1.82, 2.24) is 24.5 Å². The Morgan fingerprint density at radius 3 is 2.68 bits per heavy atom. The van der Waals surface area contributed by atoms with Crippen LogP contribution in [-0.4, -0.2) is 37.4 Å². The third-order valence-electron chi connectivity index (χ3n) is 4.83. The van der Waals surface area contributed by atoms with Gasteiger partial charge in [0.1, 0.15) is 6.33 Å². The lowest BCUT2D eigenvalue weighted by Gasteiger charge is -2.25. The summed E-state index contributed by atoms with van der Waals surface area (Å²) >= 11 is 0. The Bertz CT molecular complexity index is 887. The first-order chi connectivity index (χ1) is 12.0. The lowest BCUT2D eigenvalue weighted by Crippen LogP contribution is -2.30. The van der Waals surface area contributed by atoms with E-state index < -0.39 is 0 Å². The van der Waals surface area contributed by atoms with Crippen molar-refractivity contribution in [2.45, 2.75) is 39.7 Å². The van der Waals surface area contributed by atoms with E-state index in [1.165, 1.54) is 6.33 Å². The second-order valence-corrected chi connectivity index (χ2v) is 6.32. The van der Waals surface area contributed by atoms with Crippen LogP contribution in [0, 0.1) is 13.8 Å². The topological polar surface area (TPSA) is 63.4 Å². The molecule has 0 unspecified atom stereocenters. The molecule has 6 nitrogen and oxygen atoms in total. The number of hydrogen-bond donors (Lipinski definition) is 0. The van der Waals surface area contributed by atoms with Gasteiger partial charge in [-0.15, -0.1) is 0 Å². The molecule has 0 fully saturated rings. The number of rotatable bonds is 5. The maximum absolute atomic E-state index is 12.6. The molecule has 6 heteroatoms. The highest BCUT2D eigenvalue weighted by Gasteiger charge is 2.18. The van der Waals surface area contributed by atoms with Crippen LogP contribution in [0.1, 0.15) is 41.9 Å². The Labute approximate surface area is 147 Å². The number of amides is 1. The summed E-state index contributed by atoms with van der Waals surface area (Å²) in [5.74, 6) is 0.716. The van der Waals surface area contributed by atoms with Crippen molar-refractivity contribution in [2.24, 2.45) is 0 Å². The Morgan fingerprint density at radius 1 is 1.24 bits per heavy atom. The summed E-state index contributed by atoms with van der Waals surface area (Å²) in [5, 5.41) is 4.20. The minimum atomic E-state index is 0.0480. The van der Waals surface area contributed by atoms with E-state index in [1.54, 1.807) is 9.42 Å². The zero-order valence-corrected chi connectivity index (χ0v) is 15.1. The average Bonchev–Trinajstić information content (AvgIpc) is 3.09. The third kappa shape index (κ3) is 3.38. The highest BCUT2D eigenvalue weighted by molar-refractivity contribution is 5.76. The summed E-state index contributed by atoms with van der Waals surface area (Å²) in [4.78, 5) is 23.0. The molecule has 1 aromatic carbocycles. The summed E-state index contributed by atoms with van der Waals surface area (Å²) in [5.41, 5.74) is 4.10. The smallest absolute Gasteiger partial charge is 0.252 e. The second kappa shape index (κ2) is 7.01. The van der Waals surface area contributed by atoms with Crippen molar-refractivity contribution in [1.29, 1.82) is 0 Å². The molecule has 0 aliphatic carbocycles. The molecule has 130 valence electrons. The van der Waals surface area contributed by atoms with Crippen LogP contribution in [0.15, 0.2) is 36.7 Å². The number of fused-ring (bicyclic) bond motifs is 1. The number of carbonyl (C=O) groups is 1. The molecule has 1 atom stereocenters. The fourth-order valence-corrected chi connectivity index (χ4v) is 3.10. The van der Waals surface area contributed by atoms with Crippen LogP contribution in [0.5, 0.6) is 0 Å². The molecule has 0 N–H and O–H groups in total. The van der Waals surface area contributed by atoms with E-state index in [9.17, 15) is 4.79 Å². The van der Waals surface area contributed by atoms with Crippen molar-refractivity contribution in [2.75, 3.05) is 7.05 Å². The molecule has 0 spiro atoms. The van der Waals surface area contributed by atoms with Gasteiger partial charge in [-0.05, 0) is 38.3 Å². The summed E-state index contributed by atoms with van der Waals surface area (Å²) in [7, 11) is 1.86. The number of aromatic nitrogens is 4. The van der Waals surface area contributed by atoms with E-state index >= 15 is 0 Å². The Hall–Kier alpha value is -2.76. The van der Waals surface area contributed by atoms with Gasteiger partial charge in [-0.3, -0.25) is 4.79 Å². The van der Waals surface area contributed by atoms with Gasteiger partial charge < -0.3 is 4.90 Å². The second-order valence-electron chi connectivity index (χ2n) is 6.32.